The van der Waals surface area contributed by atoms with Gasteiger partial charge in [0.15, 0.2) is 0 Å². The third-order valence-corrected chi connectivity index (χ3v) is 5.53. The summed E-state index contributed by atoms with van der Waals surface area (Å²) in [5.74, 6) is 0.427. The van der Waals surface area contributed by atoms with Crippen molar-refractivity contribution in [3.8, 4) is 11.1 Å². The molecule has 1 aliphatic heterocycles. The highest BCUT2D eigenvalue weighted by atomic mass is 16.2. The van der Waals surface area contributed by atoms with Crippen LogP contribution in [0.25, 0.3) is 11.1 Å². The Morgan fingerprint density at radius 1 is 1.03 bits per heavy atom. The van der Waals surface area contributed by atoms with Gasteiger partial charge in [0, 0.05) is 24.7 Å². The SMILES string of the molecule is Nc1ncc(-c2ccccc2)c([C@H]2CCCCN2C(=O)CCc2ccccc2)n1. The van der Waals surface area contributed by atoms with Crippen LogP contribution in [-0.2, 0) is 11.2 Å². The molecule has 1 amide bonds. The Balaban J connectivity index is 1.61. The van der Waals surface area contributed by atoms with Gasteiger partial charge in [0.05, 0.1) is 11.7 Å². The van der Waals surface area contributed by atoms with Crippen molar-refractivity contribution in [3.05, 3.63) is 78.1 Å². The lowest BCUT2D eigenvalue weighted by Crippen LogP contribution is -2.39. The highest BCUT2D eigenvalue weighted by Crippen LogP contribution is 2.36. The standard InChI is InChI=1S/C24H26N4O/c25-24-26-17-20(19-11-5-2-6-12-19)23(27-24)21-13-7-8-16-28(21)22(29)15-14-18-9-3-1-4-10-18/h1-6,9-12,17,21H,7-8,13-16H2,(H2,25,26,27)/t21-/m1/s1. The van der Waals surface area contributed by atoms with Crippen molar-refractivity contribution in [1.82, 2.24) is 14.9 Å². The summed E-state index contributed by atoms with van der Waals surface area (Å²) in [6.45, 7) is 0.760. The van der Waals surface area contributed by atoms with E-state index in [1.54, 1.807) is 6.20 Å². The zero-order chi connectivity index (χ0) is 20.1. The minimum atomic E-state index is -0.0625. The molecule has 1 aliphatic rings. The second kappa shape index (κ2) is 8.86. The molecule has 5 heteroatoms. The molecule has 0 radical (unpaired) electrons. The van der Waals surface area contributed by atoms with Crippen LogP contribution in [0, 0.1) is 0 Å². The minimum Gasteiger partial charge on any atom is -0.368 e. The second-order valence-electron chi connectivity index (χ2n) is 7.48. The summed E-state index contributed by atoms with van der Waals surface area (Å²) in [7, 11) is 0. The third kappa shape index (κ3) is 4.45. The van der Waals surface area contributed by atoms with E-state index in [4.69, 9.17) is 5.73 Å². The molecule has 0 spiro atoms. The van der Waals surface area contributed by atoms with Gasteiger partial charge in [-0.05, 0) is 36.8 Å². The van der Waals surface area contributed by atoms with Crippen molar-refractivity contribution in [2.45, 2.75) is 38.1 Å². The van der Waals surface area contributed by atoms with Crippen LogP contribution < -0.4 is 5.73 Å². The highest BCUT2D eigenvalue weighted by Gasteiger charge is 2.31. The summed E-state index contributed by atoms with van der Waals surface area (Å²) < 4.78 is 0. The number of benzene rings is 2. The van der Waals surface area contributed by atoms with Gasteiger partial charge in [-0.3, -0.25) is 4.79 Å². The zero-order valence-electron chi connectivity index (χ0n) is 16.5. The average Bonchev–Trinajstić information content (AvgIpc) is 2.78. The predicted molar refractivity (Wildman–Crippen MR) is 115 cm³/mol. The van der Waals surface area contributed by atoms with Crippen LogP contribution >= 0.6 is 0 Å². The van der Waals surface area contributed by atoms with E-state index in [2.05, 4.69) is 22.1 Å². The first-order valence-corrected chi connectivity index (χ1v) is 10.2. The van der Waals surface area contributed by atoms with Gasteiger partial charge < -0.3 is 10.6 Å². The van der Waals surface area contributed by atoms with E-state index in [1.165, 1.54) is 5.56 Å². The van der Waals surface area contributed by atoms with Crippen molar-refractivity contribution < 1.29 is 4.79 Å². The predicted octanol–water partition coefficient (Wildman–Crippen LogP) is 4.41. The molecule has 3 aromatic rings. The molecule has 0 aliphatic carbocycles. The molecule has 0 unspecified atom stereocenters. The molecule has 148 valence electrons. The Kier molecular flexibility index (Phi) is 5.84. The van der Waals surface area contributed by atoms with Crippen LogP contribution in [0.15, 0.2) is 66.9 Å². The average molecular weight is 386 g/mol. The third-order valence-electron chi connectivity index (χ3n) is 5.53. The smallest absolute Gasteiger partial charge is 0.223 e. The number of nitrogens with two attached hydrogens (primary N) is 1. The number of aromatic nitrogens is 2. The Morgan fingerprint density at radius 3 is 2.52 bits per heavy atom. The van der Waals surface area contributed by atoms with Crippen LogP contribution in [0.2, 0.25) is 0 Å². The van der Waals surface area contributed by atoms with Crippen molar-refractivity contribution in [3.63, 3.8) is 0 Å². The molecule has 1 aromatic heterocycles. The van der Waals surface area contributed by atoms with Gasteiger partial charge >= 0.3 is 0 Å². The van der Waals surface area contributed by atoms with E-state index >= 15 is 0 Å². The molecule has 1 fully saturated rings. The largest absolute Gasteiger partial charge is 0.368 e. The molecule has 1 saturated heterocycles. The van der Waals surface area contributed by atoms with E-state index in [0.717, 1.165) is 49.0 Å². The van der Waals surface area contributed by atoms with Crippen molar-refractivity contribution in [2.24, 2.45) is 0 Å². The summed E-state index contributed by atoms with van der Waals surface area (Å²) in [5.41, 5.74) is 9.98. The molecule has 0 bridgehead atoms. The van der Waals surface area contributed by atoms with E-state index in [1.807, 2.05) is 53.4 Å². The Morgan fingerprint density at radius 2 is 1.76 bits per heavy atom. The maximum atomic E-state index is 13.1. The summed E-state index contributed by atoms with van der Waals surface area (Å²) in [5, 5.41) is 0. The van der Waals surface area contributed by atoms with Gasteiger partial charge in [0.25, 0.3) is 0 Å². The molecule has 0 saturated carbocycles. The Bertz CT molecular complexity index is 959. The van der Waals surface area contributed by atoms with E-state index in [9.17, 15) is 4.79 Å². The van der Waals surface area contributed by atoms with E-state index < -0.39 is 0 Å². The lowest BCUT2D eigenvalue weighted by molar-refractivity contribution is -0.135. The molecular formula is C24H26N4O. The van der Waals surface area contributed by atoms with Crippen LogP contribution in [0.1, 0.15) is 43.0 Å². The first-order chi connectivity index (χ1) is 14.2. The van der Waals surface area contributed by atoms with Gasteiger partial charge in [-0.1, -0.05) is 60.7 Å². The Labute approximate surface area is 171 Å². The fourth-order valence-corrected chi connectivity index (χ4v) is 4.06. The first-order valence-electron chi connectivity index (χ1n) is 10.2. The molecular weight excluding hydrogens is 360 g/mol. The second-order valence-corrected chi connectivity index (χ2v) is 7.48. The molecule has 4 rings (SSSR count). The van der Waals surface area contributed by atoms with Crippen molar-refractivity contribution in [2.75, 3.05) is 12.3 Å². The van der Waals surface area contributed by atoms with Gasteiger partial charge in [0.2, 0.25) is 11.9 Å². The maximum absolute atomic E-state index is 13.1. The highest BCUT2D eigenvalue weighted by molar-refractivity contribution is 5.78. The molecule has 2 N–H and O–H groups in total. The summed E-state index contributed by atoms with van der Waals surface area (Å²) in [6.07, 6.45) is 6.03. The first kappa shape index (κ1) is 19.1. The number of hydrogen-bond donors (Lipinski definition) is 1. The molecule has 5 nitrogen and oxygen atoms in total. The quantitative estimate of drug-likeness (QED) is 0.705. The number of aryl methyl sites for hydroxylation is 1. The number of carbonyl (C=O) groups is 1. The monoisotopic (exact) mass is 386 g/mol. The summed E-state index contributed by atoms with van der Waals surface area (Å²) in [4.78, 5) is 24.0. The van der Waals surface area contributed by atoms with Crippen LogP contribution in [0.3, 0.4) is 0 Å². The van der Waals surface area contributed by atoms with Gasteiger partial charge in [-0.25, -0.2) is 9.97 Å². The number of carbonyl (C=O) groups excluding carboxylic acids is 1. The molecule has 29 heavy (non-hydrogen) atoms. The number of likely N-dealkylation sites (tertiary alicyclic amines) is 1. The molecule has 1 atom stereocenters. The zero-order valence-corrected chi connectivity index (χ0v) is 16.5. The van der Waals surface area contributed by atoms with Crippen LogP contribution in [-0.4, -0.2) is 27.3 Å². The van der Waals surface area contributed by atoms with Crippen LogP contribution in [0.4, 0.5) is 5.95 Å². The van der Waals surface area contributed by atoms with Gasteiger partial charge in [-0.15, -0.1) is 0 Å². The molecule has 2 heterocycles. The minimum absolute atomic E-state index is 0.0625. The van der Waals surface area contributed by atoms with E-state index in [0.29, 0.717) is 6.42 Å². The molecule has 2 aromatic carbocycles. The number of amides is 1. The number of anilines is 1. The fourth-order valence-electron chi connectivity index (χ4n) is 4.06. The normalized spacial score (nSPS) is 16.6. The van der Waals surface area contributed by atoms with E-state index in [-0.39, 0.29) is 17.9 Å². The van der Waals surface area contributed by atoms with Gasteiger partial charge in [0.1, 0.15) is 0 Å². The summed E-state index contributed by atoms with van der Waals surface area (Å²) in [6, 6.07) is 20.2. The van der Waals surface area contributed by atoms with Crippen LogP contribution in [0.5, 0.6) is 0 Å². The number of nitrogens with zero attached hydrogens (tertiary/aromatic N) is 3. The number of rotatable bonds is 5. The van der Waals surface area contributed by atoms with Crippen molar-refractivity contribution >= 4 is 11.9 Å². The maximum Gasteiger partial charge on any atom is 0.223 e. The summed E-state index contributed by atoms with van der Waals surface area (Å²) >= 11 is 0. The van der Waals surface area contributed by atoms with Crippen molar-refractivity contribution in [1.29, 1.82) is 0 Å². The number of piperidine rings is 1. The number of nitrogen functional groups attached to an aromatic ring is 1. The topological polar surface area (TPSA) is 72.1 Å². The lowest BCUT2D eigenvalue weighted by atomic mass is 9.93. The number of hydrogen-bond acceptors (Lipinski definition) is 4. The lowest BCUT2D eigenvalue weighted by Gasteiger charge is -2.36. The Hall–Kier alpha value is -3.21. The van der Waals surface area contributed by atoms with Gasteiger partial charge in [-0.2, -0.15) is 0 Å². The fraction of sp³-hybridized carbons (Fsp3) is 0.292.